The number of carbonyl (C=O) groups is 2. The molecule has 0 spiro atoms. The molecule has 0 aliphatic heterocycles. The summed E-state index contributed by atoms with van der Waals surface area (Å²) in [6, 6.07) is 15.6. The van der Waals surface area contributed by atoms with E-state index in [0.717, 1.165) is 12.0 Å². The van der Waals surface area contributed by atoms with Gasteiger partial charge in [-0.05, 0) is 24.1 Å². The zero-order chi connectivity index (χ0) is 16.9. The number of rotatable bonds is 7. The number of amides is 1. The van der Waals surface area contributed by atoms with Gasteiger partial charge in [0.25, 0.3) is 0 Å². The van der Waals surface area contributed by atoms with Gasteiger partial charge in [-0.15, -0.1) is 11.8 Å². The van der Waals surface area contributed by atoms with Crippen LogP contribution < -0.4 is 5.32 Å². The fourth-order valence-electron chi connectivity index (χ4n) is 2.63. The molecule has 0 radical (unpaired) electrons. The van der Waals surface area contributed by atoms with E-state index in [1.54, 1.807) is 24.3 Å². The summed E-state index contributed by atoms with van der Waals surface area (Å²) < 4.78 is 12.9. The lowest BCUT2D eigenvalue weighted by Crippen LogP contribution is -2.28. The van der Waals surface area contributed by atoms with Gasteiger partial charge in [-0.25, -0.2) is 4.39 Å². The monoisotopic (exact) mass is 343 g/mol. The molecule has 3 nitrogen and oxygen atoms in total. The van der Waals surface area contributed by atoms with E-state index in [1.165, 1.54) is 23.9 Å². The van der Waals surface area contributed by atoms with Crippen molar-refractivity contribution >= 4 is 23.5 Å². The minimum absolute atomic E-state index is 0.0315. The van der Waals surface area contributed by atoms with Crippen molar-refractivity contribution in [3.05, 3.63) is 71.5 Å². The average molecular weight is 343 g/mol. The van der Waals surface area contributed by atoms with Crippen LogP contribution in [-0.4, -0.2) is 29.2 Å². The van der Waals surface area contributed by atoms with E-state index in [-0.39, 0.29) is 35.2 Å². The zero-order valence-electron chi connectivity index (χ0n) is 13.1. The van der Waals surface area contributed by atoms with Gasteiger partial charge in [0.05, 0.1) is 11.5 Å². The fraction of sp³-hybridized carbons (Fsp3) is 0.263. The van der Waals surface area contributed by atoms with Crippen molar-refractivity contribution in [3.8, 4) is 0 Å². The van der Waals surface area contributed by atoms with Crippen molar-refractivity contribution in [2.75, 3.05) is 11.5 Å². The van der Waals surface area contributed by atoms with Crippen LogP contribution in [0.15, 0.2) is 54.6 Å². The molecule has 2 aromatic carbocycles. The van der Waals surface area contributed by atoms with Gasteiger partial charge in [0.15, 0.2) is 5.78 Å². The Balaban J connectivity index is 1.38. The van der Waals surface area contributed by atoms with Gasteiger partial charge in [0, 0.05) is 17.5 Å². The quantitative estimate of drug-likeness (QED) is 0.784. The van der Waals surface area contributed by atoms with Crippen molar-refractivity contribution in [1.82, 2.24) is 5.32 Å². The van der Waals surface area contributed by atoms with Crippen LogP contribution in [0.1, 0.15) is 28.3 Å². The molecule has 2 aromatic rings. The Hall–Kier alpha value is -2.14. The summed E-state index contributed by atoms with van der Waals surface area (Å²) in [6.07, 6.45) is 0.880. The van der Waals surface area contributed by atoms with E-state index in [4.69, 9.17) is 0 Å². The number of ketones is 1. The summed E-state index contributed by atoms with van der Waals surface area (Å²) in [7, 11) is 0. The Morgan fingerprint density at radius 3 is 2.46 bits per heavy atom. The summed E-state index contributed by atoms with van der Waals surface area (Å²) in [5.41, 5.74) is 1.72. The zero-order valence-corrected chi connectivity index (χ0v) is 13.9. The number of hydrogen-bond donors (Lipinski definition) is 1. The first-order valence-corrected chi connectivity index (χ1v) is 9.00. The van der Waals surface area contributed by atoms with Crippen LogP contribution in [-0.2, 0) is 4.79 Å². The average Bonchev–Trinajstić information content (AvgIpc) is 3.35. The highest BCUT2D eigenvalue weighted by Crippen LogP contribution is 2.40. The minimum Gasteiger partial charge on any atom is -0.352 e. The molecule has 0 bridgehead atoms. The first-order chi connectivity index (χ1) is 11.6. The maximum absolute atomic E-state index is 12.9. The number of Topliss-reactive ketones (excluding diaryl/α,β-unsaturated/α-hetero) is 1. The maximum atomic E-state index is 12.9. The number of nitrogens with one attached hydrogen (secondary N) is 1. The Kier molecular flexibility index (Phi) is 5.30. The molecule has 3 rings (SSSR count). The number of hydrogen-bond acceptors (Lipinski definition) is 3. The molecule has 1 saturated carbocycles. The molecule has 1 aliphatic carbocycles. The molecule has 2 atom stereocenters. The first kappa shape index (κ1) is 16.7. The summed E-state index contributed by atoms with van der Waals surface area (Å²) in [5, 5.41) is 2.97. The van der Waals surface area contributed by atoms with Crippen LogP contribution in [0.4, 0.5) is 4.39 Å². The number of thioether (sulfide) groups is 1. The second-order valence-corrected chi connectivity index (χ2v) is 6.84. The van der Waals surface area contributed by atoms with Gasteiger partial charge in [-0.2, -0.15) is 0 Å². The molecule has 1 fully saturated rings. The topological polar surface area (TPSA) is 46.2 Å². The Morgan fingerprint density at radius 1 is 1.04 bits per heavy atom. The summed E-state index contributed by atoms with van der Waals surface area (Å²) >= 11 is 1.32. The van der Waals surface area contributed by atoms with E-state index in [2.05, 4.69) is 5.32 Å². The smallest absolute Gasteiger partial charge is 0.230 e. The highest BCUT2D eigenvalue weighted by molar-refractivity contribution is 8.00. The summed E-state index contributed by atoms with van der Waals surface area (Å²) in [6.45, 7) is 0. The lowest BCUT2D eigenvalue weighted by atomic mass is 10.1. The third-order valence-corrected chi connectivity index (χ3v) is 4.93. The largest absolute Gasteiger partial charge is 0.352 e. The van der Waals surface area contributed by atoms with Crippen molar-refractivity contribution in [3.63, 3.8) is 0 Å². The van der Waals surface area contributed by atoms with Crippen LogP contribution in [0.3, 0.4) is 0 Å². The molecular formula is C19H18FNO2S. The van der Waals surface area contributed by atoms with Crippen molar-refractivity contribution in [1.29, 1.82) is 0 Å². The third kappa shape index (κ3) is 4.45. The third-order valence-electron chi connectivity index (χ3n) is 4.00. The lowest BCUT2D eigenvalue weighted by molar-refractivity contribution is -0.118. The van der Waals surface area contributed by atoms with Gasteiger partial charge in [-0.1, -0.05) is 42.5 Å². The standard InChI is InChI=1S/C19H18FNO2S/c20-15-8-6-13(7-9-15)16-10-17(16)21-19(23)12-24-11-18(22)14-4-2-1-3-5-14/h1-9,16-17H,10-12H2,(H,21,23). The molecule has 124 valence electrons. The predicted molar refractivity (Wildman–Crippen MR) is 93.8 cm³/mol. The van der Waals surface area contributed by atoms with Gasteiger partial charge < -0.3 is 5.32 Å². The van der Waals surface area contributed by atoms with Crippen molar-refractivity contribution < 1.29 is 14.0 Å². The second kappa shape index (κ2) is 7.62. The van der Waals surface area contributed by atoms with Gasteiger partial charge >= 0.3 is 0 Å². The molecule has 0 aromatic heterocycles. The Bertz CT molecular complexity index is 718. The highest BCUT2D eigenvalue weighted by Gasteiger charge is 2.39. The van der Waals surface area contributed by atoms with Gasteiger partial charge in [0.2, 0.25) is 5.91 Å². The SMILES string of the molecule is O=C(CSCC(=O)c1ccccc1)NC1CC1c1ccc(F)cc1. The molecule has 1 N–H and O–H groups in total. The summed E-state index contributed by atoms with van der Waals surface area (Å²) in [5.74, 6) is 0.554. The summed E-state index contributed by atoms with van der Waals surface area (Å²) in [4.78, 5) is 23.9. The molecule has 0 heterocycles. The van der Waals surface area contributed by atoms with Crippen LogP contribution in [0.25, 0.3) is 0 Å². The molecule has 2 unspecified atom stereocenters. The van der Waals surface area contributed by atoms with Crippen molar-refractivity contribution in [2.45, 2.75) is 18.4 Å². The highest BCUT2D eigenvalue weighted by atomic mass is 32.2. The number of halogens is 1. The minimum atomic E-state index is -0.250. The maximum Gasteiger partial charge on any atom is 0.230 e. The van der Waals surface area contributed by atoms with E-state index < -0.39 is 0 Å². The van der Waals surface area contributed by atoms with E-state index in [1.807, 2.05) is 18.2 Å². The van der Waals surface area contributed by atoms with Crippen molar-refractivity contribution in [2.24, 2.45) is 0 Å². The first-order valence-electron chi connectivity index (χ1n) is 7.84. The second-order valence-electron chi connectivity index (χ2n) is 5.85. The number of carbonyl (C=O) groups excluding carboxylic acids is 2. The molecule has 1 aliphatic rings. The Morgan fingerprint density at radius 2 is 1.75 bits per heavy atom. The van der Waals surface area contributed by atoms with Crippen LogP contribution >= 0.6 is 11.8 Å². The van der Waals surface area contributed by atoms with Gasteiger partial charge in [0.1, 0.15) is 5.82 Å². The van der Waals surface area contributed by atoms with E-state index in [9.17, 15) is 14.0 Å². The lowest BCUT2D eigenvalue weighted by Gasteiger charge is -2.05. The molecule has 0 saturated heterocycles. The Labute approximate surface area is 144 Å². The fourth-order valence-corrected chi connectivity index (χ4v) is 3.35. The molecular weight excluding hydrogens is 325 g/mol. The van der Waals surface area contributed by atoms with Gasteiger partial charge in [-0.3, -0.25) is 9.59 Å². The molecule has 24 heavy (non-hydrogen) atoms. The number of benzene rings is 2. The van der Waals surface area contributed by atoms with E-state index >= 15 is 0 Å². The van der Waals surface area contributed by atoms with Crippen LogP contribution in [0.2, 0.25) is 0 Å². The molecule has 1 amide bonds. The van der Waals surface area contributed by atoms with Crippen LogP contribution in [0.5, 0.6) is 0 Å². The normalized spacial score (nSPS) is 18.9. The predicted octanol–water partition coefficient (Wildman–Crippen LogP) is 3.41. The van der Waals surface area contributed by atoms with E-state index in [0.29, 0.717) is 11.3 Å². The molecule has 5 heteroatoms. The van der Waals surface area contributed by atoms with Crippen LogP contribution in [0, 0.1) is 5.82 Å².